The van der Waals surface area contributed by atoms with Crippen LogP contribution in [0, 0.1) is 5.82 Å². The van der Waals surface area contributed by atoms with Crippen molar-refractivity contribution in [3.05, 3.63) is 101 Å². The van der Waals surface area contributed by atoms with E-state index in [0.717, 1.165) is 4.47 Å². The van der Waals surface area contributed by atoms with Gasteiger partial charge in [-0.05, 0) is 78.9 Å². The molecule has 166 valence electrons. The molecule has 0 amide bonds. The van der Waals surface area contributed by atoms with Gasteiger partial charge in [-0.2, -0.15) is 10.2 Å². The van der Waals surface area contributed by atoms with Crippen LogP contribution in [-0.2, 0) is 0 Å². The highest BCUT2D eigenvalue weighted by atomic mass is 79.9. The van der Waals surface area contributed by atoms with Gasteiger partial charge in [-0.15, -0.1) is 0 Å². The Balaban J connectivity index is 1.38. The predicted octanol–water partition coefficient (Wildman–Crippen LogP) is 8.27. The van der Waals surface area contributed by atoms with E-state index in [9.17, 15) is 9.50 Å². The third kappa shape index (κ3) is 4.92. The summed E-state index contributed by atoms with van der Waals surface area (Å²) in [5.74, 6) is 0.155. The summed E-state index contributed by atoms with van der Waals surface area (Å²) in [6.07, 6.45) is 1.55. The molecule has 1 heterocycles. The Morgan fingerprint density at radius 3 is 2.41 bits per heavy atom. The molecule has 0 saturated heterocycles. The number of halogens is 2. The summed E-state index contributed by atoms with van der Waals surface area (Å²) in [6, 6.07) is 23.7. The minimum absolute atomic E-state index is 0.0752. The van der Waals surface area contributed by atoms with Crippen LogP contribution in [0.25, 0.3) is 22.6 Å². The van der Waals surface area contributed by atoms with Gasteiger partial charge in [0.15, 0.2) is 5.58 Å². The maximum absolute atomic E-state index is 13.2. The second-order valence-corrected chi connectivity index (χ2v) is 8.27. The molecular formula is C26H16BrFN4O2. The van der Waals surface area contributed by atoms with Gasteiger partial charge in [0, 0.05) is 21.8 Å². The Labute approximate surface area is 202 Å². The maximum Gasteiger partial charge on any atom is 0.227 e. The number of fused-ring (bicyclic) bond motifs is 1. The minimum Gasteiger partial charge on any atom is -0.507 e. The van der Waals surface area contributed by atoms with Crippen molar-refractivity contribution < 1.29 is 13.9 Å². The van der Waals surface area contributed by atoms with Gasteiger partial charge in [0.25, 0.3) is 0 Å². The summed E-state index contributed by atoms with van der Waals surface area (Å²) in [6.45, 7) is 0. The predicted molar refractivity (Wildman–Crippen MR) is 133 cm³/mol. The Morgan fingerprint density at radius 1 is 0.853 bits per heavy atom. The molecular weight excluding hydrogens is 499 g/mol. The monoisotopic (exact) mass is 514 g/mol. The number of oxazole rings is 1. The van der Waals surface area contributed by atoms with Gasteiger partial charge in [-0.1, -0.05) is 22.0 Å². The molecule has 0 fully saturated rings. The first-order valence-electron chi connectivity index (χ1n) is 10.2. The summed E-state index contributed by atoms with van der Waals surface area (Å²) in [4.78, 5) is 8.93. The molecule has 0 atom stereocenters. The normalized spacial score (nSPS) is 11.7. The van der Waals surface area contributed by atoms with E-state index in [1.807, 2.05) is 24.3 Å². The second-order valence-electron chi connectivity index (χ2n) is 7.36. The van der Waals surface area contributed by atoms with Crippen LogP contribution in [0.4, 0.5) is 21.5 Å². The highest BCUT2D eigenvalue weighted by Gasteiger charge is 2.09. The van der Waals surface area contributed by atoms with Crippen LogP contribution in [-0.4, -0.2) is 16.3 Å². The van der Waals surface area contributed by atoms with E-state index in [0.29, 0.717) is 45.2 Å². The summed E-state index contributed by atoms with van der Waals surface area (Å²) < 4.78 is 19.9. The molecule has 0 aliphatic rings. The van der Waals surface area contributed by atoms with Crippen molar-refractivity contribution in [3.63, 3.8) is 0 Å². The molecule has 0 bridgehead atoms. The van der Waals surface area contributed by atoms with Gasteiger partial charge in [0.2, 0.25) is 5.89 Å². The Morgan fingerprint density at radius 2 is 1.62 bits per heavy atom. The van der Waals surface area contributed by atoms with Crippen molar-refractivity contribution in [2.24, 2.45) is 15.2 Å². The lowest BCUT2D eigenvalue weighted by molar-refractivity contribution is 0.474. The molecule has 0 aliphatic heterocycles. The average Bonchev–Trinajstić information content (AvgIpc) is 3.26. The van der Waals surface area contributed by atoms with E-state index >= 15 is 0 Å². The van der Waals surface area contributed by atoms with Crippen molar-refractivity contribution in [3.8, 4) is 17.2 Å². The number of aromatic hydroxyl groups is 1. The fourth-order valence-electron chi connectivity index (χ4n) is 3.22. The number of hydrogen-bond donors (Lipinski definition) is 1. The smallest absolute Gasteiger partial charge is 0.227 e. The van der Waals surface area contributed by atoms with Gasteiger partial charge < -0.3 is 9.52 Å². The van der Waals surface area contributed by atoms with Gasteiger partial charge in [-0.25, -0.2) is 9.37 Å². The lowest BCUT2D eigenvalue weighted by Gasteiger charge is -2.00. The lowest BCUT2D eigenvalue weighted by Crippen LogP contribution is -1.82. The van der Waals surface area contributed by atoms with Gasteiger partial charge in [-0.3, -0.25) is 4.99 Å². The molecule has 1 aromatic heterocycles. The van der Waals surface area contributed by atoms with Crippen molar-refractivity contribution in [1.82, 2.24) is 4.98 Å². The van der Waals surface area contributed by atoms with Crippen LogP contribution < -0.4 is 0 Å². The third-order valence-electron chi connectivity index (χ3n) is 4.92. The number of phenolic OH excluding ortho intramolecular Hbond substituents is 1. The van der Waals surface area contributed by atoms with Gasteiger partial charge >= 0.3 is 0 Å². The SMILES string of the molecule is Oc1ccc(N=Nc2cccc(Br)c2)cc1C=Nc1ccc2oc(-c3ccc(F)cc3)nc2c1. The number of benzene rings is 4. The maximum atomic E-state index is 13.2. The van der Waals surface area contributed by atoms with Crippen molar-refractivity contribution in [2.45, 2.75) is 0 Å². The summed E-state index contributed by atoms with van der Waals surface area (Å²) in [5, 5.41) is 18.7. The van der Waals surface area contributed by atoms with E-state index in [4.69, 9.17) is 4.42 Å². The zero-order valence-electron chi connectivity index (χ0n) is 17.6. The highest BCUT2D eigenvalue weighted by Crippen LogP contribution is 2.29. The molecule has 8 heteroatoms. The molecule has 0 unspecified atom stereocenters. The fourth-order valence-corrected chi connectivity index (χ4v) is 3.60. The third-order valence-corrected chi connectivity index (χ3v) is 5.41. The molecule has 0 radical (unpaired) electrons. The number of nitrogens with zero attached hydrogens (tertiary/aromatic N) is 4. The molecule has 4 aromatic carbocycles. The zero-order valence-corrected chi connectivity index (χ0v) is 19.1. The quantitative estimate of drug-likeness (QED) is 0.189. The van der Waals surface area contributed by atoms with Crippen molar-refractivity contribution in [1.29, 1.82) is 0 Å². The van der Waals surface area contributed by atoms with Crippen LogP contribution in [0.15, 0.2) is 109 Å². The first kappa shape index (κ1) is 21.7. The van der Waals surface area contributed by atoms with E-state index in [2.05, 4.69) is 36.1 Å². The lowest BCUT2D eigenvalue weighted by atomic mass is 10.2. The van der Waals surface area contributed by atoms with Crippen molar-refractivity contribution in [2.75, 3.05) is 0 Å². The van der Waals surface area contributed by atoms with Crippen LogP contribution >= 0.6 is 15.9 Å². The second kappa shape index (κ2) is 9.36. The van der Waals surface area contributed by atoms with Crippen LogP contribution in [0.2, 0.25) is 0 Å². The molecule has 0 aliphatic carbocycles. The molecule has 5 rings (SSSR count). The Hall–Kier alpha value is -4.17. The minimum atomic E-state index is -0.321. The number of hydrogen-bond acceptors (Lipinski definition) is 6. The number of rotatable bonds is 5. The number of aromatic nitrogens is 1. The van der Waals surface area contributed by atoms with Crippen LogP contribution in [0.5, 0.6) is 5.75 Å². The largest absolute Gasteiger partial charge is 0.507 e. The average molecular weight is 515 g/mol. The molecule has 0 spiro atoms. The van der Waals surface area contributed by atoms with Crippen molar-refractivity contribution >= 4 is 50.3 Å². The van der Waals surface area contributed by atoms with Gasteiger partial charge in [0.1, 0.15) is 17.1 Å². The van der Waals surface area contributed by atoms with E-state index in [1.165, 1.54) is 12.1 Å². The first-order valence-corrected chi connectivity index (χ1v) is 11.0. The standard InChI is InChI=1S/C26H16BrFN4O2/c27-18-2-1-3-21(13-18)31-32-22-8-10-24(33)17(12-22)15-29-20-9-11-25-23(14-20)30-26(34-25)16-4-6-19(28)7-5-16/h1-15,33H. The molecule has 0 saturated carbocycles. The first-order chi connectivity index (χ1) is 16.5. The number of aliphatic imine (C=N–C) groups is 1. The zero-order chi connectivity index (χ0) is 23.5. The van der Waals surface area contributed by atoms with E-state index < -0.39 is 0 Å². The Kier molecular flexibility index (Phi) is 5.97. The fraction of sp³-hybridized carbons (Fsp3) is 0. The topological polar surface area (TPSA) is 83.3 Å². The summed E-state index contributed by atoms with van der Waals surface area (Å²) in [7, 11) is 0. The van der Waals surface area contributed by atoms with Crippen LogP contribution in [0.3, 0.4) is 0 Å². The van der Waals surface area contributed by atoms with Crippen LogP contribution in [0.1, 0.15) is 5.56 Å². The van der Waals surface area contributed by atoms with Gasteiger partial charge in [0.05, 0.1) is 17.1 Å². The molecule has 5 aromatic rings. The highest BCUT2D eigenvalue weighted by molar-refractivity contribution is 9.10. The molecule has 6 nitrogen and oxygen atoms in total. The molecule has 1 N–H and O–H groups in total. The van der Waals surface area contributed by atoms with E-state index in [1.54, 1.807) is 54.7 Å². The van der Waals surface area contributed by atoms with E-state index in [-0.39, 0.29) is 11.6 Å². The number of phenols is 1. The summed E-state index contributed by atoms with van der Waals surface area (Å²) in [5.41, 5.74) is 4.31. The Bertz CT molecular complexity index is 1540. The molecule has 34 heavy (non-hydrogen) atoms. The number of azo groups is 1. The summed E-state index contributed by atoms with van der Waals surface area (Å²) >= 11 is 3.41.